The molecule has 0 spiro atoms. The number of nitrogens with zero attached hydrogens (tertiary/aromatic N) is 1. The molecule has 0 bridgehead atoms. The van der Waals surface area contributed by atoms with Gasteiger partial charge in [0.15, 0.2) is 0 Å². The average Bonchev–Trinajstić information content (AvgIpc) is 2.72. The topological polar surface area (TPSA) is 38.9 Å². The predicted molar refractivity (Wildman–Crippen MR) is 61.0 cm³/mol. The highest BCUT2D eigenvalue weighted by Crippen LogP contribution is 2.64. The highest BCUT2D eigenvalue weighted by molar-refractivity contribution is 9.10. The molecule has 15 heavy (non-hydrogen) atoms. The maximum atomic E-state index is 13.5. The SMILES string of the molecule is CC1(C)[C@H](CN)[C@H]1c1cc(Br)cnc1F. The van der Waals surface area contributed by atoms with Crippen molar-refractivity contribution in [2.45, 2.75) is 19.8 Å². The van der Waals surface area contributed by atoms with Gasteiger partial charge < -0.3 is 5.73 Å². The van der Waals surface area contributed by atoms with Gasteiger partial charge >= 0.3 is 0 Å². The van der Waals surface area contributed by atoms with Crippen LogP contribution in [0.1, 0.15) is 25.3 Å². The molecular formula is C11H14BrFN2. The quantitative estimate of drug-likeness (QED) is 0.841. The smallest absolute Gasteiger partial charge is 0.216 e. The van der Waals surface area contributed by atoms with Gasteiger partial charge in [0.1, 0.15) is 0 Å². The molecule has 1 aliphatic carbocycles. The van der Waals surface area contributed by atoms with Crippen LogP contribution >= 0.6 is 15.9 Å². The normalized spacial score (nSPS) is 27.8. The van der Waals surface area contributed by atoms with Crippen molar-refractivity contribution in [3.63, 3.8) is 0 Å². The third-order valence-corrected chi connectivity index (χ3v) is 3.91. The van der Waals surface area contributed by atoms with Gasteiger partial charge in [0.25, 0.3) is 0 Å². The minimum Gasteiger partial charge on any atom is -0.330 e. The van der Waals surface area contributed by atoms with E-state index in [0.29, 0.717) is 18.0 Å². The van der Waals surface area contributed by atoms with Crippen molar-refractivity contribution >= 4 is 15.9 Å². The Hall–Kier alpha value is -0.480. The lowest BCUT2D eigenvalue weighted by Gasteiger charge is -2.04. The van der Waals surface area contributed by atoms with Gasteiger partial charge in [-0.15, -0.1) is 0 Å². The second kappa shape index (κ2) is 3.52. The molecule has 1 aromatic heterocycles. The van der Waals surface area contributed by atoms with Crippen LogP contribution in [0.4, 0.5) is 4.39 Å². The van der Waals surface area contributed by atoms with Gasteiger partial charge in [-0.05, 0) is 45.8 Å². The van der Waals surface area contributed by atoms with E-state index >= 15 is 0 Å². The van der Waals surface area contributed by atoms with Crippen LogP contribution in [0.2, 0.25) is 0 Å². The number of hydrogen-bond acceptors (Lipinski definition) is 2. The van der Waals surface area contributed by atoms with Gasteiger partial charge in [0.2, 0.25) is 5.95 Å². The third kappa shape index (κ3) is 1.70. The molecule has 1 saturated carbocycles. The fourth-order valence-electron chi connectivity index (χ4n) is 2.46. The number of aromatic nitrogens is 1. The summed E-state index contributed by atoms with van der Waals surface area (Å²) in [7, 11) is 0. The Labute approximate surface area is 97.2 Å². The molecule has 4 heteroatoms. The summed E-state index contributed by atoms with van der Waals surface area (Å²) < 4.78 is 14.4. The van der Waals surface area contributed by atoms with Gasteiger partial charge in [-0.25, -0.2) is 4.98 Å². The van der Waals surface area contributed by atoms with Gasteiger partial charge in [-0.2, -0.15) is 4.39 Å². The molecule has 0 saturated heterocycles. The van der Waals surface area contributed by atoms with Crippen molar-refractivity contribution in [3.05, 3.63) is 28.2 Å². The van der Waals surface area contributed by atoms with Crippen LogP contribution in [-0.4, -0.2) is 11.5 Å². The summed E-state index contributed by atoms with van der Waals surface area (Å²) in [5, 5.41) is 0. The zero-order chi connectivity index (χ0) is 11.2. The van der Waals surface area contributed by atoms with E-state index in [1.807, 2.05) is 6.07 Å². The van der Waals surface area contributed by atoms with Crippen LogP contribution < -0.4 is 5.73 Å². The first-order valence-corrected chi connectivity index (χ1v) is 5.78. The summed E-state index contributed by atoms with van der Waals surface area (Å²) in [6, 6.07) is 1.81. The molecule has 1 aliphatic rings. The molecule has 0 radical (unpaired) electrons. The number of pyridine rings is 1. The Morgan fingerprint density at radius 1 is 1.60 bits per heavy atom. The molecule has 2 N–H and O–H groups in total. The molecule has 1 heterocycles. The Kier molecular flexibility index (Phi) is 2.59. The van der Waals surface area contributed by atoms with E-state index in [9.17, 15) is 4.39 Å². The Morgan fingerprint density at radius 3 is 2.80 bits per heavy atom. The summed E-state index contributed by atoms with van der Waals surface area (Å²) >= 11 is 3.31. The van der Waals surface area contributed by atoms with Crippen molar-refractivity contribution in [1.82, 2.24) is 4.98 Å². The summed E-state index contributed by atoms with van der Waals surface area (Å²) in [6.07, 6.45) is 1.48. The van der Waals surface area contributed by atoms with E-state index in [2.05, 4.69) is 34.8 Å². The average molecular weight is 273 g/mol. The van der Waals surface area contributed by atoms with Crippen LogP contribution in [0.5, 0.6) is 0 Å². The minimum absolute atomic E-state index is 0.0953. The molecule has 2 rings (SSSR count). The van der Waals surface area contributed by atoms with Gasteiger partial charge in [0, 0.05) is 16.2 Å². The predicted octanol–water partition coefficient (Wildman–Crippen LogP) is 2.68. The van der Waals surface area contributed by atoms with Crippen LogP contribution in [0.25, 0.3) is 0 Å². The Bertz CT molecular complexity index is 392. The van der Waals surface area contributed by atoms with Crippen molar-refractivity contribution in [2.75, 3.05) is 6.54 Å². The van der Waals surface area contributed by atoms with Crippen LogP contribution in [0.15, 0.2) is 16.7 Å². The van der Waals surface area contributed by atoms with Crippen molar-refractivity contribution in [3.8, 4) is 0 Å². The Morgan fingerprint density at radius 2 is 2.27 bits per heavy atom. The first kappa shape index (κ1) is 11.0. The zero-order valence-electron chi connectivity index (χ0n) is 8.80. The fourth-order valence-corrected chi connectivity index (χ4v) is 2.81. The molecule has 1 aromatic rings. The molecule has 2 nitrogen and oxygen atoms in total. The van der Waals surface area contributed by atoms with E-state index < -0.39 is 0 Å². The highest BCUT2D eigenvalue weighted by Gasteiger charge is 2.58. The highest BCUT2D eigenvalue weighted by atomic mass is 79.9. The van der Waals surface area contributed by atoms with E-state index in [1.165, 1.54) is 6.20 Å². The lowest BCUT2D eigenvalue weighted by molar-refractivity contribution is 0.538. The van der Waals surface area contributed by atoms with Crippen LogP contribution in [-0.2, 0) is 0 Å². The van der Waals surface area contributed by atoms with Gasteiger partial charge in [-0.3, -0.25) is 0 Å². The fraction of sp³-hybridized carbons (Fsp3) is 0.545. The monoisotopic (exact) mass is 272 g/mol. The first-order valence-electron chi connectivity index (χ1n) is 4.99. The largest absolute Gasteiger partial charge is 0.330 e. The summed E-state index contributed by atoms with van der Waals surface area (Å²) in [5.41, 5.74) is 6.45. The maximum absolute atomic E-state index is 13.5. The van der Waals surface area contributed by atoms with Gasteiger partial charge in [-0.1, -0.05) is 13.8 Å². The molecule has 1 fully saturated rings. The van der Waals surface area contributed by atoms with Crippen molar-refractivity contribution in [2.24, 2.45) is 17.1 Å². The van der Waals surface area contributed by atoms with E-state index in [1.54, 1.807) is 0 Å². The molecule has 82 valence electrons. The minimum atomic E-state index is -0.368. The van der Waals surface area contributed by atoms with Crippen molar-refractivity contribution in [1.29, 1.82) is 0 Å². The van der Waals surface area contributed by atoms with Gasteiger partial charge in [0.05, 0.1) is 0 Å². The lowest BCUT2D eigenvalue weighted by atomic mass is 10.0. The molecular weight excluding hydrogens is 259 g/mol. The van der Waals surface area contributed by atoms with Crippen LogP contribution in [0.3, 0.4) is 0 Å². The van der Waals surface area contributed by atoms with E-state index in [4.69, 9.17) is 5.73 Å². The zero-order valence-corrected chi connectivity index (χ0v) is 10.4. The summed E-state index contributed by atoms with van der Waals surface area (Å²) in [6.45, 7) is 4.84. The third-order valence-electron chi connectivity index (χ3n) is 3.47. The molecule has 0 aromatic carbocycles. The number of halogens is 2. The molecule has 2 atom stereocenters. The Balaban J connectivity index is 2.36. The summed E-state index contributed by atoms with van der Waals surface area (Å²) in [4.78, 5) is 3.72. The standard InChI is InChI=1S/C11H14BrFN2/c1-11(2)8(4-14)9(11)7-3-6(12)5-15-10(7)13/h3,5,8-9H,4,14H2,1-2H3/t8-,9-/m1/s1. The van der Waals surface area contributed by atoms with Crippen molar-refractivity contribution < 1.29 is 4.39 Å². The van der Waals surface area contributed by atoms with E-state index in [0.717, 1.165) is 4.47 Å². The first-order chi connectivity index (χ1) is 6.98. The maximum Gasteiger partial charge on any atom is 0.216 e. The lowest BCUT2D eigenvalue weighted by Crippen LogP contribution is -2.05. The second-order valence-electron chi connectivity index (χ2n) is 4.67. The number of hydrogen-bond donors (Lipinski definition) is 1. The molecule has 0 unspecified atom stereocenters. The molecule has 0 amide bonds. The molecule has 0 aliphatic heterocycles. The second-order valence-corrected chi connectivity index (χ2v) is 5.59. The number of nitrogens with two attached hydrogens (primary N) is 1. The van der Waals surface area contributed by atoms with E-state index in [-0.39, 0.29) is 17.3 Å². The van der Waals surface area contributed by atoms with Crippen LogP contribution in [0, 0.1) is 17.3 Å². The summed E-state index contributed by atoms with van der Waals surface area (Å²) in [5.74, 6) is 0.197. The number of rotatable bonds is 2.